The lowest BCUT2D eigenvalue weighted by atomic mass is 10.0. The SMILES string of the molecule is O=C(Nc1ccccc1C[C@@H](CO)NC[C@H](O)COc1cccc2[nH]c3ccccc3c12)c1ccccc1. The predicted octanol–water partition coefficient (Wildman–Crippen LogP) is 4.51. The Balaban J connectivity index is 1.18. The van der Waals surface area contributed by atoms with Crippen molar-refractivity contribution in [2.75, 3.05) is 25.1 Å². The lowest BCUT2D eigenvalue weighted by Crippen LogP contribution is -2.41. The number of hydrogen-bond acceptors (Lipinski definition) is 5. The Kier molecular flexibility index (Phi) is 7.99. The maximum Gasteiger partial charge on any atom is 0.255 e. The zero-order valence-corrected chi connectivity index (χ0v) is 20.9. The molecule has 7 heteroatoms. The summed E-state index contributed by atoms with van der Waals surface area (Å²) in [6, 6.07) is 30.1. The van der Waals surface area contributed by atoms with E-state index in [4.69, 9.17) is 4.74 Å². The molecule has 194 valence electrons. The number of para-hydroxylation sites is 2. The molecule has 1 amide bonds. The van der Waals surface area contributed by atoms with Crippen LogP contribution in [0.2, 0.25) is 0 Å². The number of amides is 1. The molecule has 7 nitrogen and oxygen atoms in total. The zero-order chi connectivity index (χ0) is 26.3. The molecule has 0 bridgehead atoms. The van der Waals surface area contributed by atoms with Crippen molar-refractivity contribution < 1.29 is 19.7 Å². The molecule has 0 spiro atoms. The van der Waals surface area contributed by atoms with Crippen LogP contribution in [0.5, 0.6) is 5.75 Å². The lowest BCUT2D eigenvalue weighted by molar-refractivity contribution is 0.100. The molecule has 0 fully saturated rings. The summed E-state index contributed by atoms with van der Waals surface area (Å²) in [7, 11) is 0. The molecule has 5 rings (SSSR count). The van der Waals surface area contributed by atoms with Crippen LogP contribution in [-0.4, -0.2) is 53.0 Å². The molecule has 1 heterocycles. The van der Waals surface area contributed by atoms with E-state index in [1.807, 2.05) is 84.9 Å². The molecular formula is C31H31N3O4. The van der Waals surface area contributed by atoms with Crippen molar-refractivity contribution >= 4 is 33.4 Å². The second kappa shape index (κ2) is 11.9. The molecule has 0 saturated heterocycles. The second-order valence-corrected chi connectivity index (χ2v) is 9.28. The van der Waals surface area contributed by atoms with Crippen molar-refractivity contribution in [3.8, 4) is 5.75 Å². The third-order valence-electron chi connectivity index (χ3n) is 6.55. The average molecular weight is 510 g/mol. The van der Waals surface area contributed by atoms with Crippen molar-refractivity contribution in [1.29, 1.82) is 0 Å². The summed E-state index contributed by atoms with van der Waals surface area (Å²) in [6.07, 6.45) is -0.304. The number of rotatable bonds is 11. The maximum absolute atomic E-state index is 12.6. The first kappa shape index (κ1) is 25.5. The van der Waals surface area contributed by atoms with E-state index in [0.29, 0.717) is 23.4 Å². The van der Waals surface area contributed by atoms with E-state index < -0.39 is 6.10 Å². The molecule has 5 aromatic rings. The normalized spacial score (nSPS) is 12.9. The number of carbonyl (C=O) groups is 1. The molecule has 38 heavy (non-hydrogen) atoms. The molecule has 2 atom stereocenters. The Bertz CT molecular complexity index is 1520. The van der Waals surface area contributed by atoms with Gasteiger partial charge in [-0.25, -0.2) is 0 Å². The Morgan fingerprint density at radius 2 is 1.61 bits per heavy atom. The highest BCUT2D eigenvalue weighted by atomic mass is 16.5. The van der Waals surface area contributed by atoms with Crippen molar-refractivity contribution in [2.45, 2.75) is 18.6 Å². The highest BCUT2D eigenvalue weighted by Gasteiger charge is 2.16. The second-order valence-electron chi connectivity index (χ2n) is 9.28. The molecule has 5 N–H and O–H groups in total. The molecule has 0 radical (unpaired) electrons. The van der Waals surface area contributed by atoms with Crippen LogP contribution in [0.25, 0.3) is 21.8 Å². The van der Waals surface area contributed by atoms with Crippen molar-refractivity contribution in [2.24, 2.45) is 0 Å². The minimum Gasteiger partial charge on any atom is -0.490 e. The summed E-state index contributed by atoms with van der Waals surface area (Å²) in [4.78, 5) is 16.0. The summed E-state index contributed by atoms with van der Waals surface area (Å²) in [5.74, 6) is 0.519. The first-order chi connectivity index (χ1) is 18.6. The monoisotopic (exact) mass is 509 g/mol. The Hall–Kier alpha value is -4.17. The van der Waals surface area contributed by atoms with Crippen LogP contribution in [-0.2, 0) is 6.42 Å². The molecule has 0 aliphatic heterocycles. The van der Waals surface area contributed by atoms with E-state index in [2.05, 4.69) is 15.6 Å². The number of hydrogen-bond donors (Lipinski definition) is 5. The van der Waals surface area contributed by atoms with Gasteiger partial charge in [-0.05, 0) is 48.4 Å². The fourth-order valence-corrected chi connectivity index (χ4v) is 4.61. The minimum absolute atomic E-state index is 0.105. The van der Waals surface area contributed by atoms with E-state index in [0.717, 1.165) is 27.4 Å². The van der Waals surface area contributed by atoms with E-state index in [9.17, 15) is 15.0 Å². The van der Waals surface area contributed by atoms with E-state index >= 15 is 0 Å². The number of H-pyrrole nitrogens is 1. The van der Waals surface area contributed by atoms with Crippen molar-refractivity contribution in [3.63, 3.8) is 0 Å². The van der Waals surface area contributed by atoms with E-state index in [1.165, 1.54) is 0 Å². The number of fused-ring (bicyclic) bond motifs is 3. The number of benzene rings is 4. The van der Waals surface area contributed by atoms with Gasteiger partial charge in [-0.15, -0.1) is 0 Å². The van der Waals surface area contributed by atoms with Gasteiger partial charge < -0.3 is 30.6 Å². The van der Waals surface area contributed by atoms with E-state index in [1.54, 1.807) is 12.1 Å². The number of aliphatic hydroxyl groups excluding tert-OH is 2. The largest absolute Gasteiger partial charge is 0.490 e. The van der Waals surface area contributed by atoms with Gasteiger partial charge in [0.1, 0.15) is 18.5 Å². The third-order valence-corrected chi connectivity index (χ3v) is 6.55. The van der Waals surface area contributed by atoms with Crippen molar-refractivity contribution in [3.05, 3.63) is 108 Å². The maximum atomic E-state index is 12.6. The fraction of sp³-hybridized carbons (Fsp3) is 0.194. The fourth-order valence-electron chi connectivity index (χ4n) is 4.61. The lowest BCUT2D eigenvalue weighted by Gasteiger charge is -2.21. The summed E-state index contributed by atoms with van der Waals surface area (Å²) in [5, 5.41) is 28.9. The number of anilines is 1. The van der Waals surface area contributed by atoms with Gasteiger partial charge >= 0.3 is 0 Å². The van der Waals surface area contributed by atoms with Crippen LogP contribution < -0.4 is 15.4 Å². The summed E-state index contributed by atoms with van der Waals surface area (Å²) in [6.45, 7) is 0.226. The van der Waals surface area contributed by atoms with Crippen molar-refractivity contribution in [1.82, 2.24) is 10.3 Å². The molecule has 0 aliphatic rings. The summed E-state index contributed by atoms with van der Waals surface area (Å²) < 4.78 is 6.02. The Morgan fingerprint density at radius 1 is 0.868 bits per heavy atom. The summed E-state index contributed by atoms with van der Waals surface area (Å²) in [5.41, 5.74) is 4.17. The van der Waals surface area contributed by atoms with Gasteiger partial charge in [-0.3, -0.25) is 4.79 Å². The van der Waals surface area contributed by atoms with Gasteiger partial charge in [-0.1, -0.05) is 60.7 Å². The van der Waals surface area contributed by atoms with Gasteiger partial charge in [0.05, 0.1) is 12.1 Å². The molecule has 0 saturated carbocycles. The first-order valence-electron chi connectivity index (χ1n) is 12.7. The quantitative estimate of drug-likeness (QED) is 0.180. The number of aliphatic hydroxyl groups is 2. The van der Waals surface area contributed by atoms with Gasteiger partial charge in [0.2, 0.25) is 0 Å². The molecule has 0 unspecified atom stereocenters. The van der Waals surface area contributed by atoms with Gasteiger partial charge in [-0.2, -0.15) is 0 Å². The highest BCUT2D eigenvalue weighted by Crippen LogP contribution is 2.33. The van der Waals surface area contributed by atoms with Gasteiger partial charge in [0.25, 0.3) is 5.91 Å². The molecular weight excluding hydrogens is 478 g/mol. The van der Waals surface area contributed by atoms with Gasteiger partial charge in [0, 0.05) is 40.1 Å². The predicted molar refractivity (Wildman–Crippen MR) is 151 cm³/mol. The smallest absolute Gasteiger partial charge is 0.255 e. The molecule has 0 aliphatic carbocycles. The topological polar surface area (TPSA) is 107 Å². The standard InChI is InChI=1S/C31H31N3O4/c35-19-23(17-22-11-4-6-13-26(22)34-31(37)21-9-2-1-3-10-21)32-18-24(36)20-38-29-16-8-15-28-30(29)25-12-5-7-14-27(25)33-28/h1-16,23-24,32-33,35-36H,17-20H2,(H,34,37)/t23-,24-/m0/s1. The van der Waals surface area contributed by atoms with E-state index in [-0.39, 0.29) is 31.7 Å². The van der Waals surface area contributed by atoms with Crippen LogP contribution in [0.4, 0.5) is 5.69 Å². The number of aromatic amines is 1. The van der Waals surface area contributed by atoms with Crippen LogP contribution in [0, 0.1) is 0 Å². The highest BCUT2D eigenvalue weighted by molar-refractivity contribution is 6.10. The number of ether oxygens (including phenoxy) is 1. The number of carbonyl (C=O) groups excluding carboxylic acids is 1. The van der Waals surface area contributed by atoms with Crippen LogP contribution in [0.15, 0.2) is 97.1 Å². The molecule has 4 aromatic carbocycles. The average Bonchev–Trinajstić information content (AvgIpc) is 3.34. The Morgan fingerprint density at radius 3 is 2.45 bits per heavy atom. The van der Waals surface area contributed by atoms with Gasteiger partial charge in [0.15, 0.2) is 0 Å². The first-order valence-corrected chi connectivity index (χ1v) is 12.7. The molecule has 1 aromatic heterocycles. The van der Waals surface area contributed by atoms with Crippen LogP contribution in [0.1, 0.15) is 15.9 Å². The Labute approximate surface area is 221 Å². The van der Waals surface area contributed by atoms with Crippen LogP contribution in [0.3, 0.4) is 0 Å². The minimum atomic E-state index is -0.780. The number of aromatic nitrogens is 1. The number of nitrogens with one attached hydrogen (secondary N) is 3. The van der Waals surface area contributed by atoms with Crippen LogP contribution >= 0.6 is 0 Å². The zero-order valence-electron chi connectivity index (χ0n) is 20.9. The summed E-state index contributed by atoms with van der Waals surface area (Å²) >= 11 is 0. The third kappa shape index (κ3) is 5.86.